The number of halogens is 3. The summed E-state index contributed by atoms with van der Waals surface area (Å²) in [6.45, 7) is 0. The molecule has 0 fully saturated rings. The molecular weight excluding hydrogens is 255 g/mol. The zero-order valence-corrected chi connectivity index (χ0v) is 10.1. The highest BCUT2D eigenvalue weighted by atomic mass is 19.4. The maximum absolute atomic E-state index is 13.0. The predicted molar refractivity (Wildman–Crippen MR) is 64.4 cm³/mol. The van der Waals surface area contributed by atoms with Crippen LogP contribution in [0.2, 0.25) is 0 Å². The van der Waals surface area contributed by atoms with Crippen LogP contribution in [0.5, 0.6) is 0 Å². The van der Waals surface area contributed by atoms with Crippen molar-refractivity contribution in [3.05, 3.63) is 59.7 Å². The number of nitrogens with zero attached hydrogens (tertiary/aromatic N) is 2. The van der Waals surface area contributed by atoms with E-state index in [1.807, 2.05) is 0 Å². The Labute approximate surface area is 108 Å². The van der Waals surface area contributed by atoms with E-state index < -0.39 is 17.8 Å². The molecule has 2 heterocycles. The van der Waals surface area contributed by atoms with Gasteiger partial charge in [0, 0.05) is 24.2 Å². The quantitative estimate of drug-likeness (QED) is 0.929. The predicted octanol–water partition coefficient (Wildman–Crippen LogP) is 2.80. The van der Waals surface area contributed by atoms with Gasteiger partial charge in [0.05, 0.1) is 17.3 Å². The molecule has 0 saturated carbocycles. The monoisotopic (exact) mass is 267 g/mol. The average molecular weight is 267 g/mol. The molecule has 100 valence electrons. The van der Waals surface area contributed by atoms with Gasteiger partial charge in [-0.2, -0.15) is 13.2 Å². The first kappa shape index (κ1) is 13.5. The molecule has 0 aliphatic carbocycles. The molecule has 1 unspecified atom stereocenters. The van der Waals surface area contributed by atoms with E-state index in [1.54, 1.807) is 31.4 Å². The second kappa shape index (κ2) is 5.36. The second-order valence-corrected chi connectivity index (χ2v) is 3.94. The molecule has 1 atom stereocenters. The topological polar surface area (TPSA) is 37.8 Å². The molecule has 3 nitrogen and oxygen atoms in total. The number of nitrogens with one attached hydrogen (secondary N) is 1. The third-order valence-corrected chi connectivity index (χ3v) is 2.74. The highest BCUT2D eigenvalue weighted by Crippen LogP contribution is 2.35. The zero-order chi connectivity index (χ0) is 13.9. The SMILES string of the molecule is CNC(c1ccccn1)c1cnccc1C(F)(F)F. The van der Waals surface area contributed by atoms with Crippen LogP contribution in [0.4, 0.5) is 13.2 Å². The fraction of sp³-hybridized carbons (Fsp3) is 0.231. The van der Waals surface area contributed by atoms with Gasteiger partial charge in [-0.3, -0.25) is 9.97 Å². The van der Waals surface area contributed by atoms with Gasteiger partial charge in [-0.1, -0.05) is 6.07 Å². The Bertz CT molecular complexity index is 540. The van der Waals surface area contributed by atoms with E-state index in [0.717, 1.165) is 12.3 Å². The lowest BCUT2D eigenvalue weighted by molar-refractivity contribution is -0.138. The summed E-state index contributed by atoms with van der Waals surface area (Å²) >= 11 is 0. The Morgan fingerprint density at radius 2 is 1.95 bits per heavy atom. The molecule has 0 amide bonds. The zero-order valence-electron chi connectivity index (χ0n) is 10.1. The van der Waals surface area contributed by atoms with Gasteiger partial charge in [0.15, 0.2) is 0 Å². The number of hydrogen-bond acceptors (Lipinski definition) is 3. The standard InChI is InChI=1S/C13H12F3N3/c1-17-12(11-4-2-3-6-19-11)9-8-18-7-5-10(9)13(14,15)16/h2-8,12,17H,1H3. The van der Waals surface area contributed by atoms with Gasteiger partial charge in [0.1, 0.15) is 0 Å². The van der Waals surface area contributed by atoms with Gasteiger partial charge in [-0.05, 0) is 25.2 Å². The molecule has 2 aromatic heterocycles. The van der Waals surface area contributed by atoms with E-state index in [1.165, 1.54) is 6.20 Å². The summed E-state index contributed by atoms with van der Waals surface area (Å²) in [6.07, 6.45) is -0.512. The molecule has 0 aromatic carbocycles. The third-order valence-electron chi connectivity index (χ3n) is 2.74. The summed E-state index contributed by atoms with van der Waals surface area (Å²) in [6, 6.07) is 5.45. The lowest BCUT2D eigenvalue weighted by Crippen LogP contribution is -2.23. The number of aromatic nitrogens is 2. The lowest BCUT2D eigenvalue weighted by atomic mass is 9.99. The first-order chi connectivity index (χ1) is 9.04. The Kier molecular flexibility index (Phi) is 3.80. The van der Waals surface area contributed by atoms with Crippen molar-refractivity contribution in [2.24, 2.45) is 0 Å². The highest BCUT2D eigenvalue weighted by Gasteiger charge is 2.35. The molecule has 0 spiro atoms. The van der Waals surface area contributed by atoms with Crippen LogP contribution < -0.4 is 5.32 Å². The van der Waals surface area contributed by atoms with Crippen molar-refractivity contribution < 1.29 is 13.2 Å². The molecule has 0 aliphatic heterocycles. The molecule has 0 radical (unpaired) electrons. The Hall–Kier alpha value is -1.95. The maximum atomic E-state index is 13.0. The molecule has 0 aliphatic rings. The first-order valence-electron chi connectivity index (χ1n) is 5.63. The number of hydrogen-bond donors (Lipinski definition) is 1. The second-order valence-electron chi connectivity index (χ2n) is 3.94. The van der Waals surface area contributed by atoms with Crippen LogP contribution in [0, 0.1) is 0 Å². The van der Waals surface area contributed by atoms with Crippen LogP contribution in [-0.2, 0) is 6.18 Å². The maximum Gasteiger partial charge on any atom is 0.416 e. The minimum atomic E-state index is -4.41. The van der Waals surface area contributed by atoms with Crippen molar-refractivity contribution in [3.8, 4) is 0 Å². The summed E-state index contributed by atoms with van der Waals surface area (Å²) in [5.74, 6) is 0. The van der Waals surface area contributed by atoms with E-state index in [9.17, 15) is 13.2 Å². The van der Waals surface area contributed by atoms with Gasteiger partial charge >= 0.3 is 6.18 Å². The summed E-state index contributed by atoms with van der Waals surface area (Å²) in [4.78, 5) is 7.88. The van der Waals surface area contributed by atoms with Gasteiger partial charge in [-0.15, -0.1) is 0 Å². The van der Waals surface area contributed by atoms with E-state index in [2.05, 4.69) is 15.3 Å². The van der Waals surface area contributed by atoms with Gasteiger partial charge in [-0.25, -0.2) is 0 Å². The van der Waals surface area contributed by atoms with Crippen LogP contribution in [0.15, 0.2) is 42.9 Å². The van der Waals surface area contributed by atoms with Crippen molar-refractivity contribution in [2.75, 3.05) is 7.05 Å². The van der Waals surface area contributed by atoms with Crippen LogP contribution in [0.25, 0.3) is 0 Å². The van der Waals surface area contributed by atoms with Crippen molar-refractivity contribution >= 4 is 0 Å². The number of rotatable bonds is 3. The van der Waals surface area contributed by atoms with Crippen LogP contribution in [-0.4, -0.2) is 17.0 Å². The largest absolute Gasteiger partial charge is 0.416 e. The van der Waals surface area contributed by atoms with Gasteiger partial charge < -0.3 is 5.32 Å². The molecule has 0 bridgehead atoms. The van der Waals surface area contributed by atoms with Crippen LogP contribution in [0.1, 0.15) is 22.9 Å². The van der Waals surface area contributed by atoms with E-state index >= 15 is 0 Å². The van der Waals surface area contributed by atoms with Crippen molar-refractivity contribution in [1.29, 1.82) is 0 Å². The summed E-state index contributed by atoms with van der Waals surface area (Å²) in [5, 5.41) is 2.84. The van der Waals surface area contributed by atoms with E-state index in [-0.39, 0.29) is 5.56 Å². The molecule has 6 heteroatoms. The summed E-state index contributed by atoms with van der Waals surface area (Å²) < 4.78 is 39.0. The minimum absolute atomic E-state index is 0.0659. The van der Waals surface area contributed by atoms with Gasteiger partial charge in [0.25, 0.3) is 0 Å². The molecular formula is C13H12F3N3. The fourth-order valence-electron chi connectivity index (χ4n) is 1.90. The summed E-state index contributed by atoms with van der Waals surface area (Å²) in [7, 11) is 1.59. The fourth-order valence-corrected chi connectivity index (χ4v) is 1.90. The highest BCUT2D eigenvalue weighted by molar-refractivity contribution is 5.34. The van der Waals surface area contributed by atoms with E-state index in [0.29, 0.717) is 5.69 Å². The smallest absolute Gasteiger partial charge is 0.308 e. The Morgan fingerprint density at radius 3 is 2.53 bits per heavy atom. The molecule has 2 aromatic rings. The average Bonchev–Trinajstić information content (AvgIpc) is 2.40. The Morgan fingerprint density at radius 1 is 1.16 bits per heavy atom. The summed E-state index contributed by atoms with van der Waals surface area (Å²) in [5.41, 5.74) is -0.118. The van der Waals surface area contributed by atoms with Crippen molar-refractivity contribution in [1.82, 2.24) is 15.3 Å². The molecule has 2 rings (SSSR count). The minimum Gasteiger partial charge on any atom is -0.308 e. The normalized spacial score (nSPS) is 13.3. The number of alkyl halides is 3. The molecule has 0 saturated heterocycles. The third kappa shape index (κ3) is 2.90. The van der Waals surface area contributed by atoms with Crippen LogP contribution in [0.3, 0.4) is 0 Å². The van der Waals surface area contributed by atoms with Gasteiger partial charge in [0.2, 0.25) is 0 Å². The Balaban J connectivity index is 2.51. The van der Waals surface area contributed by atoms with Crippen LogP contribution >= 0.6 is 0 Å². The lowest BCUT2D eigenvalue weighted by Gasteiger charge is -2.20. The van der Waals surface area contributed by atoms with E-state index in [4.69, 9.17) is 0 Å². The van der Waals surface area contributed by atoms with Crippen molar-refractivity contribution in [2.45, 2.75) is 12.2 Å². The number of pyridine rings is 2. The molecule has 1 N–H and O–H groups in total. The van der Waals surface area contributed by atoms with Crippen molar-refractivity contribution in [3.63, 3.8) is 0 Å². The molecule has 19 heavy (non-hydrogen) atoms. The first-order valence-corrected chi connectivity index (χ1v) is 5.63.